The SMILES string of the molecule is CC[C@@]12CN3CC[C@H]1C[C@@H]3[C@H](c1ccnc3ccccc13)O2. The first-order chi connectivity index (χ1) is 10.8. The molecule has 114 valence electrons. The molecule has 0 spiro atoms. The zero-order valence-electron chi connectivity index (χ0n) is 13.0. The molecule has 0 N–H and O–H groups in total. The number of para-hydroxylation sites is 1. The summed E-state index contributed by atoms with van der Waals surface area (Å²) in [5.74, 6) is 0.761. The molecule has 5 saturated heterocycles. The molecule has 5 fully saturated rings. The van der Waals surface area contributed by atoms with Crippen LogP contribution in [-0.4, -0.2) is 34.6 Å². The standard InChI is InChI=1S/C19H22N2O/c1-2-19-12-21-10-8-13(19)11-17(21)18(22-19)15-7-9-20-16-6-4-3-5-14(15)16/h3-7,9,13,17-18H,2,8,10-12H2,1H3/t13-,17+,18-,19+/m0/s1. The molecule has 5 aliphatic heterocycles. The van der Waals surface area contributed by atoms with Gasteiger partial charge in [-0.3, -0.25) is 9.88 Å². The third-order valence-corrected chi connectivity index (χ3v) is 6.27. The molecule has 1 aromatic carbocycles. The van der Waals surface area contributed by atoms with Gasteiger partial charge in [-0.25, -0.2) is 0 Å². The number of morpholine rings is 1. The molecular weight excluding hydrogens is 272 g/mol. The van der Waals surface area contributed by atoms with Crippen LogP contribution in [0.15, 0.2) is 36.5 Å². The summed E-state index contributed by atoms with van der Waals surface area (Å²) in [6.45, 7) is 4.68. The van der Waals surface area contributed by atoms with Crippen LogP contribution in [0.5, 0.6) is 0 Å². The van der Waals surface area contributed by atoms with Crippen LogP contribution < -0.4 is 0 Å². The van der Waals surface area contributed by atoms with Gasteiger partial charge in [0, 0.05) is 24.2 Å². The third-order valence-electron chi connectivity index (χ3n) is 6.27. The molecule has 3 nitrogen and oxygen atoms in total. The van der Waals surface area contributed by atoms with Crippen molar-refractivity contribution in [2.45, 2.75) is 43.9 Å². The fraction of sp³-hybridized carbons (Fsp3) is 0.526. The minimum atomic E-state index is 0.0854. The van der Waals surface area contributed by atoms with E-state index in [1.54, 1.807) is 0 Å². The smallest absolute Gasteiger partial charge is 0.0995 e. The highest BCUT2D eigenvalue weighted by Crippen LogP contribution is 2.54. The van der Waals surface area contributed by atoms with Gasteiger partial charge in [0.2, 0.25) is 0 Å². The van der Waals surface area contributed by atoms with E-state index < -0.39 is 0 Å². The van der Waals surface area contributed by atoms with E-state index in [1.807, 2.05) is 6.20 Å². The Hall–Kier alpha value is -1.45. The van der Waals surface area contributed by atoms with Crippen LogP contribution in [0.25, 0.3) is 10.9 Å². The van der Waals surface area contributed by atoms with Crippen molar-refractivity contribution in [1.82, 2.24) is 9.88 Å². The lowest BCUT2D eigenvalue weighted by Gasteiger charge is -2.64. The molecular formula is C19H22N2O. The summed E-state index contributed by atoms with van der Waals surface area (Å²) >= 11 is 0. The van der Waals surface area contributed by atoms with E-state index in [2.05, 4.69) is 47.1 Å². The Morgan fingerprint density at radius 1 is 1.32 bits per heavy atom. The fourth-order valence-electron chi connectivity index (χ4n) is 5.09. The first-order valence-electron chi connectivity index (χ1n) is 8.56. The van der Waals surface area contributed by atoms with E-state index in [4.69, 9.17) is 4.74 Å². The van der Waals surface area contributed by atoms with Crippen LogP contribution in [0, 0.1) is 5.92 Å². The number of nitrogens with zero attached hydrogens (tertiary/aromatic N) is 2. The molecule has 5 atom stereocenters. The normalized spacial score (nSPS) is 39.5. The summed E-state index contributed by atoms with van der Waals surface area (Å²) in [4.78, 5) is 7.20. The average molecular weight is 294 g/mol. The Labute approximate surface area is 131 Å². The molecule has 0 saturated carbocycles. The highest BCUT2D eigenvalue weighted by molar-refractivity contribution is 5.82. The Balaban J connectivity index is 1.64. The molecule has 1 aromatic heterocycles. The van der Waals surface area contributed by atoms with Gasteiger partial charge >= 0.3 is 0 Å². The average Bonchev–Trinajstić information content (AvgIpc) is 2.61. The Morgan fingerprint density at radius 3 is 3.05 bits per heavy atom. The van der Waals surface area contributed by atoms with Crippen molar-refractivity contribution >= 4 is 10.9 Å². The van der Waals surface area contributed by atoms with Gasteiger partial charge in [-0.05, 0) is 49.4 Å². The van der Waals surface area contributed by atoms with Crippen LogP contribution in [0.1, 0.15) is 37.9 Å². The molecule has 1 unspecified atom stereocenters. The van der Waals surface area contributed by atoms with Crippen molar-refractivity contribution < 1.29 is 4.74 Å². The quantitative estimate of drug-likeness (QED) is 0.847. The van der Waals surface area contributed by atoms with Gasteiger partial charge < -0.3 is 4.74 Å². The third kappa shape index (κ3) is 1.61. The second-order valence-corrected chi connectivity index (χ2v) is 7.13. The zero-order chi connectivity index (χ0) is 14.7. The molecule has 22 heavy (non-hydrogen) atoms. The van der Waals surface area contributed by atoms with Gasteiger partial charge in [-0.15, -0.1) is 0 Å². The van der Waals surface area contributed by atoms with Crippen molar-refractivity contribution in [3.8, 4) is 0 Å². The Bertz CT molecular complexity index is 725. The minimum absolute atomic E-state index is 0.0854. The molecule has 2 aromatic rings. The highest BCUT2D eigenvalue weighted by atomic mass is 16.5. The molecule has 3 heteroatoms. The number of ether oxygens (including phenoxy) is 1. The van der Waals surface area contributed by atoms with Gasteiger partial charge in [0.15, 0.2) is 0 Å². The van der Waals surface area contributed by atoms with E-state index in [0.717, 1.165) is 24.4 Å². The van der Waals surface area contributed by atoms with Crippen molar-refractivity contribution in [3.63, 3.8) is 0 Å². The summed E-state index contributed by atoms with van der Waals surface area (Å²) in [6.07, 6.45) is 5.89. The second-order valence-electron chi connectivity index (χ2n) is 7.13. The van der Waals surface area contributed by atoms with Gasteiger partial charge in [0.05, 0.1) is 17.2 Å². The first kappa shape index (κ1) is 13.0. The maximum atomic E-state index is 6.78. The second kappa shape index (κ2) is 4.53. The topological polar surface area (TPSA) is 25.4 Å². The molecule has 4 bridgehead atoms. The van der Waals surface area contributed by atoms with Gasteiger partial charge in [0.1, 0.15) is 0 Å². The highest BCUT2D eigenvalue weighted by Gasteiger charge is 2.58. The van der Waals surface area contributed by atoms with Crippen molar-refractivity contribution in [1.29, 1.82) is 0 Å². The van der Waals surface area contributed by atoms with Gasteiger partial charge in [0.25, 0.3) is 0 Å². The number of fused-ring (bicyclic) bond motifs is 3. The van der Waals surface area contributed by atoms with Crippen molar-refractivity contribution in [2.75, 3.05) is 13.1 Å². The summed E-state index contributed by atoms with van der Waals surface area (Å²) in [5, 5.41) is 1.26. The van der Waals surface area contributed by atoms with Crippen molar-refractivity contribution in [2.24, 2.45) is 5.92 Å². The molecule has 0 radical (unpaired) electrons. The molecule has 6 heterocycles. The van der Waals surface area contributed by atoms with Crippen LogP contribution in [0.2, 0.25) is 0 Å². The van der Waals surface area contributed by atoms with Crippen LogP contribution in [0.4, 0.5) is 0 Å². The Morgan fingerprint density at radius 2 is 2.23 bits per heavy atom. The first-order valence-corrected chi connectivity index (χ1v) is 8.56. The number of rotatable bonds is 2. The number of hydrogen-bond acceptors (Lipinski definition) is 3. The van der Waals surface area contributed by atoms with E-state index in [1.165, 1.54) is 30.3 Å². The number of benzene rings is 1. The number of piperidine rings is 3. The van der Waals surface area contributed by atoms with Crippen LogP contribution in [0.3, 0.4) is 0 Å². The summed E-state index contributed by atoms with van der Waals surface area (Å²) in [5.41, 5.74) is 2.50. The summed E-state index contributed by atoms with van der Waals surface area (Å²) in [6, 6.07) is 11.2. The largest absolute Gasteiger partial charge is 0.364 e. The lowest BCUT2D eigenvalue weighted by atomic mass is 9.66. The summed E-state index contributed by atoms with van der Waals surface area (Å²) < 4.78 is 6.78. The number of aromatic nitrogens is 1. The lowest BCUT2D eigenvalue weighted by Crippen LogP contribution is -2.70. The summed E-state index contributed by atoms with van der Waals surface area (Å²) in [7, 11) is 0. The van der Waals surface area contributed by atoms with E-state index in [-0.39, 0.29) is 11.7 Å². The maximum Gasteiger partial charge on any atom is 0.0995 e. The Kier molecular flexibility index (Phi) is 2.68. The lowest BCUT2D eigenvalue weighted by molar-refractivity contribution is -0.274. The van der Waals surface area contributed by atoms with E-state index in [9.17, 15) is 0 Å². The van der Waals surface area contributed by atoms with Crippen molar-refractivity contribution in [3.05, 3.63) is 42.1 Å². The monoisotopic (exact) mass is 294 g/mol. The van der Waals surface area contributed by atoms with Gasteiger partial charge in [-0.2, -0.15) is 0 Å². The van der Waals surface area contributed by atoms with Crippen LogP contribution in [-0.2, 0) is 4.74 Å². The molecule has 5 aliphatic rings. The predicted molar refractivity (Wildman–Crippen MR) is 86.7 cm³/mol. The maximum absolute atomic E-state index is 6.78. The van der Waals surface area contributed by atoms with E-state index in [0.29, 0.717) is 6.04 Å². The fourth-order valence-corrected chi connectivity index (χ4v) is 5.09. The molecule has 0 amide bonds. The number of hydrogen-bond donors (Lipinski definition) is 0. The van der Waals surface area contributed by atoms with Gasteiger partial charge in [-0.1, -0.05) is 25.1 Å². The van der Waals surface area contributed by atoms with Crippen LogP contribution >= 0.6 is 0 Å². The number of pyridine rings is 1. The molecule has 7 rings (SSSR count). The zero-order valence-corrected chi connectivity index (χ0v) is 13.0. The predicted octanol–water partition coefficient (Wildman–Crippen LogP) is 3.55. The molecule has 0 aliphatic carbocycles. The minimum Gasteiger partial charge on any atom is -0.364 e. The van der Waals surface area contributed by atoms with E-state index >= 15 is 0 Å².